The topological polar surface area (TPSA) is 105 Å². The number of amides is 1. The number of carbonyl (C=O) groups excluding carboxylic acids is 1. The van der Waals surface area contributed by atoms with E-state index in [2.05, 4.69) is 31.3 Å². The Morgan fingerprint density at radius 3 is 1.86 bits per heavy atom. The number of unbranched alkanes of at least 4 members (excludes halogenated alkanes) is 15. The van der Waals surface area contributed by atoms with E-state index in [1.165, 1.54) is 77.0 Å². The molecule has 254 valence electrons. The van der Waals surface area contributed by atoms with Crippen LogP contribution in [0.1, 0.15) is 136 Å². The first-order valence-corrected chi connectivity index (χ1v) is 18.7. The highest BCUT2D eigenvalue weighted by Gasteiger charge is 2.27. The number of nitrogens with one attached hydrogen (secondary N) is 1. The molecule has 0 aromatic heterocycles. The third-order valence-electron chi connectivity index (χ3n) is 7.42. The fraction of sp³-hybridized carbons (Fsp3) is 0.853. The maximum absolute atomic E-state index is 12.7. The Kier molecular flexibility index (Phi) is 26.7. The molecule has 0 saturated heterocycles. The number of aliphatic hydroxyl groups excluding tert-OH is 1. The highest BCUT2D eigenvalue weighted by Crippen LogP contribution is 2.43. The van der Waals surface area contributed by atoms with Crippen LogP contribution >= 0.6 is 7.82 Å². The van der Waals surface area contributed by atoms with E-state index in [1.54, 1.807) is 6.08 Å². The van der Waals surface area contributed by atoms with Gasteiger partial charge >= 0.3 is 7.82 Å². The fourth-order valence-corrected chi connectivity index (χ4v) is 5.32. The van der Waals surface area contributed by atoms with Gasteiger partial charge in [-0.1, -0.05) is 122 Å². The Balaban J connectivity index is 4.62. The molecule has 0 saturated carbocycles. The van der Waals surface area contributed by atoms with Gasteiger partial charge in [-0.2, -0.15) is 0 Å². The van der Waals surface area contributed by atoms with Crippen LogP contribution in [0.5, 0.6) is 0 Å². The highest BCUT2D eigenvalue weighted by molar-refractivity contribution is 7.47. The van der Waals surface area contributed by atoms with E-state index in [-0.39, 0.29) is 19.1 Å². The Labute approximate surface area is 264 Å². The summed E-state index contributed by atoms with van der Waals surface area (Å²) in [4.78, 5) is 22.8. The number of hydrogen-bond acceptors (Lipinski definition) is 5. The number of quaternary nitrogens is 1. The van der Waals surface area contributed by atoms with Crippen molar-refractivity contribution in [1.29, 1.82) is 0 Å². The number of phosphoric acid groups is 1. The van der Waals surface area contributed by atoms with E-state index in [0.29, 0.717) is 17.4 Å². The third-order valence-corrected chi connectivity index (χ3v) is 8.41. The standard InChI is InChI=1S/C34H67N2O6P/c1-6-8-10-12-14-16-17-18-20-22-24-26-28-34(38)35-32(31-42-43(39,40)41-30-29-36(3,4)5)33(37)27-25-23-21-19-15-13-11-9-7-2/h15,19,25,27,32-33,37H,6-14,16-18,20-24,26,28-31H2,1-5H3,(H-,35,38,39,40)/p+1/b19-15+,27-25+. The van der Waals surface area contributed by atoms with Crippen molar-refractivity contribution in [3.63, 3.8) is 0 Å². The summed E-state index contributed by atoms with van der Waals surface area (Å²) in [5.74, 6) is -0.193. The second-order valence-corrected chi connectivity index (χ2v) is 14.3. The van der Waals surface area contributed by atoms with Crippen LogP contribution < -0.4 is 5.32 Å². The molecule has 3 atom stereocenters. The summed E-state index contributed by atoms with van der Waals surface area (Å²) in [5, 5.41) is 13.6. The van der Waals surface area contributed by atoms with E-state index in [0.717, 1.165) is 38.5 Å². The summed E-state index contributed by atoms with van der Waals surface area (Å²) >= 11 is 0. The quantitative estimate of drug-likeness (QED) is 0.0319. The van der Waals surface area contributed by atoms with Crippen molar-refractivity contribution >= 4 is 13.7 Å². The first-order chi connectivity index (χ1) is 20.5. The van der Waals surface area contributed by atoms with Crippen LogP contribution in [0.15, 0.2) is 24.3 Å². The van der Waals surface area contributed by atoms with Crippen molar-refractivity contribution in [1.82, 2.24) is 5.32 Å². The van der Waals surface area contributed by atoms with Gasteiger partial charge in [0.15, 0.2) is 0 Å². The van der Waals surface area contributed by atoms with E-state index in [4.69, 9.17) is 9.05 Å². The molecule has 0 spiro atoms. The van der Waals surface area contributed by atoms with Gasteiger partial charge in [0.25, 0.3) is 0 Å². The maximum Gasteiger partial charge on any atom is 0.472 e. The molecule has 3 N–H and O–H groups in total. The molecule has 3 unspecified atom stereocenters. The lowest BCUT2D eigenvalue weighted by molar-refractivity contribution is -0.870. The predicted molar refractivity (Wildman–Crippen MR) is 180 cm³/mol. The molecule has 0 aliphatic rings. The number of aliphatic hydroxyl groups is 1. The molecule has 0 rings (SSSR count). The van der Waals surface area contributed by atoms with Gasteiger partial charge in [-0.25, -0.2) is 4.57 Å². The zero-order valence-corrected chi connectivity index (χ0v) is 29.3. The number of carbonyl (C=O) groups is 1. The van der Waals surface area contributed by atoms with Crippen LogP contribution in [0, 0.1) is 0 Å². The predicted octanol–water partition coefficient (Wildman–Crippen LogP) is 8.24. The zero-order chi connectivity index (χ0) is 32.2. The lowest BCUT2D eigenvalue weighted by atomic mass is 10.0. The van der Waals surface area contributed by atoms with Crippen LogP contribution in [-0.4, -0.2) is 73.4 Å². The molecule has 0 aromatic rings. The molecule has 0 heterocycles. The SMILES string of the molecule is CCCCC/C=C/CC/C=C/C(O)C(COP(=O)(O)OCC[N+](C)(C)C)NC(=O)CCCCCCCCCCCCCC. The zero-order valence-electron chi connectivity index (χ0n) is 28.4. The molecular formula is C34H68N2O6P+. The summed E-state index contributed by atoms with van der Waals surface area (Å²) in [6, 6.07) is -0.854. The molecule has 0 radical (unpaired) electrons. The van der Waals surface area contributed by atoms with Gasteiger partial charge in [0, 0.05) is 6.42 Å². The Morgan fingerprint density at radius 2 is 1.28 bits per heavy atom. The van der Waals surface area contributed by atoms with E-state index >= 15 is 0 Å². The number of nitrogens with zero attached hydrogens (tertiary/aromatic N) is 1. The molecule has 0 aromatic carbocycles. The second kappa shape index (κ2) is 27.3. The van der Waals surface area contributed by atoms with Crippen molar-refractivity contribution in [2.45, 2.75) is 148 Å². The van der Waals surface area contributed by atoms with Crippen LogP contribution in [0.25, 0.3) is 0 Å². The highest BCUT2D eigenvalue weighted by atomic mass is 31.2. The summed E-state index contributed by atoms with van der Waals surface area (Å²) in [5.41, 5.74) is 0. The molecule has 9 heteroatoms. The molecule has 0 aliphatic carbocycles. The van der Waals surface area contributed by atoms with E-state index < -0.39 is 20.0 Å². The molecule has 43 heavy (non-hydrogen) atoms. The number of hydrogen-bond donors (Lipinski definition) is 3. The van der Waals surface area contributed by atoms with Gasteiger partial charge in [0.05, 0.1) is 39.9 Å². The lowest BCUT2D eigenvalue weighted by Gasteiger charge is -2.25. The summed E-state index contributed by atoms with van der Waals surface area (Å²) < 4.78 is 23.3. The van der Waals surface area contributed by atoms with Crippen molar-refractivity contribution in [3.05, 3.63) is 24.3 Å². The molecule has 0 fully saturated rings. The smallest absolute Gasteiger partial charge is 0.387 e. The van der Waals surface area contributed by atoms with Crippen LogP contribution in [0.4, 0.5) is 0 Å². The van der Waals surface area contributed by atoms with Gasteiger partial charge in [-0.15, -0.1) is 0 Å². The van der Waals surface area contributed by atoms with Crippen molar-refractivity contribution in [2.24, 2.45) is 0 Å². The largest absolute Gasteiger partial charge is 0.472 e. The minimum atomic E-state index is -4.32. The normalized spacial score (nSPS) is 15.2. The number of rotatable bonds is 30. The van der Waals surface area contributed by atoms with Gasteiger partial charge in [0.1, 0.15) is 13.2 Å². The van der Waals surface area contributed by atoms with Crippen LogP contribution in [0.3, 0.4) is 0 Å². The van der Waals surface area contributed by atoms with E-state index in [1.807, 2.05) is 27.2 Å². The molecule has 8 nitrogen and oxygen atoms in total. The Hall–Kier alpha value is -1.02. The summed E-state index contributed by atoms with van der Waals surface area (Å²) in [7, 11) is 1.55. The van der Waals surface area contributed by atoms with Gasteiger partial charge in [-0.05, 0) is 32.1 Å². The van der Waals surface area contributed by atoms with Crippen molar-refractivity contribution < 1.29 is 32.9 Å². The number of allylic oxidation sites excluding steroid dienone is 3. The Morgan fingerprint density at radius 1 is 0.767 bits per heavy atom. The monoisotopic (exact) mass is 631 g/mol. The minimum absolute atomic E-state index is 0.0572. The minimum Gasteiger partial charge on any atom is -0.387 e. The first-order valence-electron chi connectivity index (χ1n) is 17.2. The number of phosphoric ester groups is 1. The first kappa shape index (κ1) is 42.0. The van der Waals surface area contributed by atoms with E-state index in [9.17, 15) is 19.4 Å². The van der Waals surface area contributed by atoms with Gasteiger partial charge < -0.3 is 19.8 Å². The maximum atomic E-state index is 12.7. The fourth-order valence-electron chi connectivity index (χ4n) is 4.58. The average Bonchev–Trinajstić information content (AvgIpc) is 2.94. The molecule has 1 amide bonds. The third kappa shape index (κ3) is 29.5. The molecular weight excluding hydrogens is 563 g/mol. The summed E-state index contributed by atoms with van der Waals surface area (Å²) in [6.07, 6.45) is 28.2. The van der Waals surface area contributed by atoms with Gasteiger partial charge in [0.2, 0.25) is 5.91 Å². The average molecular weight is 632 g/mol. The second-order valence-electron chi connectivity index (χ2n) is 12.9. The molecule has 0 aliphatic heterocycles. The van der Waals surface area contributed by atoms with Crippen LogP contribution in [-0.2, 0) is 18.4 Å². The Bertz CT molecular complexity index is 768. The van der Waals surface area contributed by atoms with Crippen molar-refractivity contribution in [3.8, 4) is 0 Å². The number of likely N-dealkylation sites (N-methyl/N-ethyl adjacent to an activating group) is 1. The van der Waals surface area contributed by atoms with Crippen molar-refractivity contribution in [2.75, 3.05) is 40.9 Å². The summed E-state index contributed by atoms with van der Waals surface area (Å²) in [6.45, 7) is 4.70. The lowest BCUT2D eigenvalue weighted by Crippen LogP contribution is -2.45. The van der Waals surface area contributed by atoms with Gasteiger partial charge in [-0.3, -0.25) is 13.8 Å². The molecule has 0 bridgehead atoms. The van der Waals surface area contributed by atoms with Crippen LogP contribution in [0.2, 0.25) is 0 Å².